The number of aromatic nitrogens is 3. The maximum Gasteiger partial charge on any atom is 0.339 e. The van der Waals surface area contributed by atoms with Crippen LogP contribution in [-0.2, 0) is 4.79 Å². The molecule has 0 aromatic carbocycles. The van der Waals surface area contributed by atoms with Crippen LogP contribution in [0.5, 0.6) is 0 Å². The van der Waals surface area contributed by atoms with Gasteiger partial charge in [0.1, 0.15) is 11.6 Å². The first-order valence-corrected chi connectivity index (χ1v) is 5.72. The number of carbonyl (C=O) groups excluding carboxylic acids is 1. The Morgan fingerprint density at radius 3 is 2.84 bits per heavy atom. The van der Waals surface area contributed by atoms with Crippen molar-refractivity contribution in [2.45, 2.75) is 19.9 Å². The number of carboxylic acid groups (broad SMARTS) is 1. The number of hydrogen-bond acceptors (Lipinski definition) is 3. The monoisotopic (exact) mass is 262 g/mol. The van der Waals surface area contributed by atoms with Gasteiger partial charge in [0.25, 0.3) is 0 Å². The summed E-state index contributed by atoms with van der Waals surface area (Å²) in [6.45, 7) is 3.32. The molecule has 19 heavy (non-hydrogen) atoms. The van der Waals surface area contributed by atoms with Crippen LogP contribution in [0.4, 0.5) is 5.69 Å². The van der Waals surface area contributed by atoms with Crippen molar-refractivity contribution >= 4 is 17.6 Å². The van der Waals surface area contributed by atoms with Crippen molar-refractivity contribution in [2.24, 2.45) is 0 Å². The van der Waals surface area contributed by atoms with Gasteiger partial charge < -0.3 is 15.4 Å². The van der Waals surface area contributed by atoms with Gasteiger partial charge in [0.05, 0.1) is 5.69 Å². The maximum atomic E-state index is 12.0. The van der Waals surface area contributed by atoms with Crippen LogP contribution in [0.2, 0.25) is 0 Å². The van der Waals surface area contributed by atoms with Crippen molar-refractivity contribution in [2.75, 3.05) is 5.32 Å². The first-order valence-electron chi connectivity index (χ1n) is 5.72. The number of aromatic amines is 1. The second kappa shape index (κ2) is 4.97. The minimum atomic E-state index is -1.08. The van der Waals surface area contributed by atoms with Gasteiger partial charge in [-0.1, -0.05) is 0 Å². The predicted octanol–water partition coefficient (Wildman–Crippen LogP) is 1.42. The molecule has 1 unspecified atom stereocenters. The highest BCUT2D eigenvalue weighted by Gasteiger charge is 2.20. The molecule has 2 aromatic rings. The molecular weight excluding hydrogens is 248 g/mol. The average Bonchev–Trinajstić information content (AvgIpc) is 2.97. The van der Waals surface area contributed by atoms with Crippen molar-refractivity contribution in [1.29, 1.82) is 0 Å². The number of carboxylic acids is 1. The van der Waals surface area contributed by atoms with Crippen LogP contribution >= 0.6 is 0 Å². The van der Waals surface area contributed by atoms with Crippen LogP contribution in [0, 0.1) is 6.92 Å². The van der Waals surface area contributed by atoms with E-state index in [1.165, 1.54) is 10.9 Å². The molecule has 0 aliphatic carbocycles. The zero-order valence-corrected chi connectivity index (χ0v) is 10.5. The van der Waals surface area contributed by atoms with E-state index in [-0.39, 0.29) is 17.2 Å². The number of rotatable bonds is 4. The lowest BCUT2D eigenvalue weighted by atomic mass is 10.2. The van der Waals surface area contributed by atoms with E-state index in [0.29, 0.717) is 5.69 Å². The smallest absolute Gasteiger partial charge is 0.339 e. The van der Waals surface area contributed by atoms with E-state index in [4.69, 9.17) is 5.11 Å². The average molecular weight is 262 g/mol. The lowest BCUT2D eigenvalue weighted by molar-refractivity contribution is -0.119. The molecular formula is C12H14N4O3. The maximum absolute atomic E-state index is 12.0. The summed E-state index contributed by atoms with van der Waals surface area (Å²) < 4.78 is 1.50. The van der Waals surface area contributed by atoms with Gasteiger partial charge in [-0.05, 0) is 19.9 Å². The molecule has 100 valence electrons. The number of hydrogen-bond donors (Lipinski definition) is 3. The zero-order chi connectivity index (χ0) is 14.0. The van der Waals surface area contributed by atoms with Crippen molar-refractivity contribution in [1.82, 2.24) is 14.8 Å². The first kappa shape index (κ1) is 12.9. The number of aromatic carboxylic acids is 1. The molecule has 3 N–H and O–H groups in total. The second-order valence-corrected chi connectivity index (χ2v) is 4.16. The third-order valence-electron chi connectivity index (χ3n) is 2.85. The molecule has 2 heterocycles. The molecule has 2 rings (SSSR count). The van der Waals surface area contributed by atoms with Gasteiger partial charge in [0.2, 0.25) is 5.91 Å². The van der Waals surface area contributed by atoms with Gasteiger partial charge in [-0.15, -0.1) is 0 Å². The standard InChI is InChI=1S/C12H14N4O3/c1-7-10(12(18)19)9(6-13-7)15-11(17)8(2)16-5-3-4-14-16/h3-6,8,13H,1-2H3,(H,15,17)(H,18,19). The molecule has 7 nitrogen and oxygen atoms in total. The number of carbonyl (C=O) groups is 2. The normalized spacial score (nSPS) is 12.1. The molecule has 0 saturated heterocycles. The minimum Gasteiger partial charge on any atom is -0.478 e. The molecule has 2 aromatic heterocycles. The van der Waals surface area contributed by atoms with Crippen LogP contribution in [0.15, 0.2) is 24.7 Å². The van der Waals surface area contributed by atoms with Crippen LogP contribution in [-0.4, -0.2) is 31.7 Å². The number of nitrogens with zero attached hydrogens (tertiary/aromatic N) is 2. The highest BCUT2D eigenvalue weighted by atomic mass is 16.4. The van der Waals surface area contributed by atoms with Gasteiger partial charge in [0.15, 0.2) is 0 Å². The molecule has 0 fully saturated rings. The zero-order valence-electron chi connectivity index (χ0n) is 10.5. The minimum absolute atomic E-state index is 0.0704. The van der Waals surface area contributed by atoms with Crippen LogP contribution in [0.25, 0.3) is 0 Å². The van der Waals surface area contributed by atoms with E-state index in [2.05, 4.69) is 15.4 Å². The van der Waals surface area contributed by atoms with Crippen LogP contribution in [0.3, 0.4) is 0 Å². The molecule has 0 aliphatic rings. The highest BCUT2D eigenvalue weighted by Crippen LogP contribution is 2.20. The number of anilines is 1. The van der Waals surface area contributed by atoms with E-state index in [9.17, 15) is 9.59 Å². The Morgan fingerprint density at radius 1 is 1.53 bits per heavy atom. The molecule has 0 saturated carbocycles. The topological polar surface area (TPSA) is 100 Å². The number of H-pyrrole nitrogens is 1. The fourth-order valence-electron chi connectivity index (χ4n) is 1.77. The molecule has 0 bridgehead atoms. The summed E-state index contributed by atoms with van der Waals surface area (Å²) >= 11 is 0. The summed E-state index contributed by atoms with van der Waals surface area (Å²) in [6.07, 6.45) is 4.71. The van der Waals surface area contributed by atoms with Gasteiger partial charge in [0, 0.05) is 24.3 Å². The summed E-state index contributed by atoms with van der Waals surface area (Å²) in [5.74, 6) is -1.41. The largest absolute Gasteiger partial charge is 0.478 e. The van der Waals surface area contributed by atoms with Crippen molar-refractivity contribution < 1.29 is 14.7 Å². The Hall–Kier alpha value is -2.57. The van der Waals surface area contributed by atoms with E-state index in [1.807, 2.05) is 0 Å². The highest BCUT2D eigenvalue weighted by molar-refractivity contribution is 6.02. The SMILES string of the molecule is Cc1[nH]cc(NC(=O)C(C)n2cccn2)c1C(=O)O. The summed E-state index contributed by atoms with van der Waals surface area (Å²) in [6, 6.07) is 1.19. The Bertz CT molecular complexity index is 601. The van der Waals surface area contributed by atoms with Crippen LogP contribution < -0.4 is 5.32 Å². The quantitative estimate of drug-likeness (QED) is 0.775. The lowest BCUT2D eigenvalue weighted by Gasteiger charge is -2.12. The van der Waals surface area contributed by atoms with Crippen molar-refractivity contribution in [3.63, 3.8) is 0 Å². The molecule has 0 radical (unpaired) electrons. The molecule has 0 spiro atoms. The molecule has 1 amide bonds. The number of aryl methyl sites for hydroxylation is 1. The number of amides is 1. The van der Waals surface area contributed by atoms with E-state index in [0.717, 1.165) is 0 Å². The predicted molar refractivity (Wildman–Crippen MR) is 68.1 cm³/mol. The van der Waals surface area contributed by atoms with Gasteiger partial charge >= 0.3 is 5.97 Å². The Labute approximate surface area is 109 Å². The van der Waals surface area contributed by atoms with Crippen molar-refractivity contribution in [3.05, 3.63) is 35.9 Å². The lowest BCUT2D eigenvalue weighted by Crippen LogP contribution is -2.24. The van der Waals surface area contributed by atoms with Gasteiger partial charge in [-0.2, -0.15) is 5.10 Å². The third kappa shape index (κ3) is 2.49. The summed E-state index contributed by atoms with van der Waals surface area (Å²) in [5, 5.41) is 15.6. The second-order valence-electron chi connectivity index (χ2n) is 4.16. The summed E-state index contributed by atoms with van der Waals surface area (Å²) in [7, 11) is 0. The van der Waals surface area contributed by atoms with Crippen LogP contribution in [0.1, 0.15) is 29.0 Å². The molecule has 1 atom stereocenters. The van der Waals surface area contributed by atoms with Crippen molar-refractivity contribution in [3.8, 4) is 0 Å². The Morgan fingerprint density at radius 2 is 2.26 bits per heavy atom. The van der Waals surface area contributed by atoms with Gasteiger partial charge in [-0.25, -0.2) is 4.79 Å². The Kier molecular flexibility index (Phi) is 3.37. The van der Waals surface area contributed by atoms with E-state index >= 15 is 0 Å². The summed E-state index contributed by atoms with van der Waals surface area (Å²) in [4.78, 5) is 25.9. The Balaban J connectivity index is 2.18. The first-order chi connectivity index (χ1) is 9.00. The van der Waals surface area contributed by atoms with E-state index < -0.39 is 12.0 Å². The molecule has 0 aliphatic heterocycles. The van der Waals surface area contributed by atoms with E-state index in [1.54, 1.807) is 32.3 Å². The molecule has 7 heteroatoms. The fourth-order valence-corrected chi connectivity index (χ4v) is 1.77. The third-order valence-corrected chi connectivity index (χ3v) is 2.85. The number of nitrogens with one attached hydrogen (secondary N) is 2. The van der Waals surface area contributed by atoms with Gasteiger partial charge in [-0.3, -0.25) is 9.48 Å². The summed E-state index contributed by atoms with van der Waals surface area (Å²) in [5.41, 5.74) is 0.824. The fraction of sp³-hybridized carbons (Fsp3) is 0.250.